The number of hydrogen-bond donors (Lipinski definition) is 3. The van der Waals surface area contributed by atoms with Gasteiger partial charge in [-0.1, -0.05) is 0 Å². The Bertz CT molecular complexity index is 648. The maximum absolute atomic E-state index is 11.9. The Kier molecular flexibility index (Phi) is 4.21. The molecule has 0 aliphatic heterocycles. The largest absolute Gasteiger partial charge is 0.475 e. The Hall–Kier alpha value is -2.84. The number of carbonyl (C=O) groups excluding carboxylic acids is 1. The van der Waals surface area contributed by atoms with Crippen LogP contribution in [0.2, 0.25) is 0 Å². The molecule has 0 saturated heterocycles. The lowest BCUT2D eigenvalue weighted by atomic mass is 10.4. The average molecular weight is 293 g/mol. The van der Waals surface area contributed by atoms with E-state index in [-0.39, 0.29) is 24.9 Å². The number of carboxylic acid groups (broad SMARTS) is 1. The van der Waals surface area contributed by atoms with E-state index < -0.39 is 5.97 Å². The van der Waals surface area contributed by atoms with Crippen LogP contribution in [0.3, 0.4) is 0 Å². The number of rotatable bonds is 5. The lowest BCUT2D eigenvalue weighted by Gasteiger charge is -2.15. The molecule has 0 radical (unpaired) electrons. The van der Waals surface area contributed by atoms with E-state index in [1.54, 1.807) is 14.0 Å². The molecule has 0 spiro atoms. The molecular formula is C12H15N5O4. The number of urea groups is 1. The molecule has 2 aromatic heterocycles. The van der Waals surface area contributed by atoms with Crippen LogP contribution in [0.15, 0.2) is 16.5 Å². The van der Waals surface area contributed by atoms with Gasteiger partial charge in [-0.25, -0.2) is 14.6 Å². The predicted octanol–water partition coefficient (Wildman–Crippen LogP) is 0.746. The number of aromatic nitrogens is 3. The number of nitrogens with one attached hydrogen (secondary N) is 2. The fourth-order valence-corrected chi connectivity index (χ4v) is 1.63. The summed E-state index contributed by atoms with van der Waals surface area (Å²) in [5.74, 6) is 0.239. The minimum atomic E-state index is -1.15. The third-order valence-electron chi connectivity index (χ3n) is 2.66. The van der Waals surface area contributed by atoms with Crippen LogP contribution in [0.4, 0.5) is 4.79 Å². The normalized spacial score (nSPS) is 10.4. The van der Waals surface area contributed by atoms with Gasteiger partial charge in [0.15, 0.2) is 5.82 Å². The van der Waals surface area contributed by atoms with Crippen molar-refractivity contribution in [3.8, 4) is 0 Å². The zero-order chi connectivity index (χ0) is 15.4. The number of carboxylic acids is 1. The quantitative estimate of drug-likeness (QED) is 0.747. The zero-order valence-corrected chi connectivity index (χ0v) is 11.6. The topological polar surface area (TPSA) is 124 Å². The summed E-state index contributed by atoms with van der Waals surface area (Å²) in [6.07, 6.45) is 0. The first-order valence-corrected chi connectivity index (χ1v) is 6.14. The van der Waals surface area contributed by atoms with E-state index in [4.69, 9.17) is 9.52 Å². The summed E-state index contributed by atoms with van der Waals surface area (Å²) in [5, 5.41) is 18.0. The van der Waals surface area contributed by atoms with Gasteiger partial charge in [-0.3, -0.25) is 5.10 Å². The van der Waals surface area contributed by atoms with E-state index in [9.17, 15) is 9.59 Å². The van der Waals surface area contributed by atoms with Crippen molar-refractivity contribution >= 4 is 12.0 Å². The standard InChI is InChI=1S/C12H15N5O4/c1-7-14-10(16-15-7)6-17(2)12(20)13-5-8-3-4-9(21-8)11(18)19/h3-4H,5-6H2,1-2H3,(H,13,20)(H,18,19)(H,14,15,16). The lowest BCUT2D eigenvalue weighted by molar-refractivity contribution is 0.0660. The van der Waals surface area contributed by atoms with Gasteiger partial charge >= 0.3 is 12.0 Å². The maximum atomic E-state index is 11.9. The van der Waals surface area contributed by atoms with Gasteiger partial charge in [0.1, 0.15) is 11.6 Å². The van der Waals surface area contributed by atoms with E-state index in [0.29, 0.717) is 17.4 Å². The predicted molar refractivity (Wildman–Crippen MR) is 70.5 cm³/mol. The molecule has 0 fully saturated rings. The molecule has 0 bridgehead atoms. The van der Waals surface area contributed by atoms with Crippen molar-refractivity contribution in [1.82, 2.24) is 25.4 Å². The monoisotopic (exact) mass is 293 g/mol. The van der Waals surface area contributed by atoms with Crippen molar-refractivity contribution in [2.75, 3.05) is 7.05 Å². The molecule has 0 aliphatic carbocycles. The molecule has 3 N–H and O–H groups in total. The summed E-state index contributed by atoms with van der Waals surface area (Å²) < 4.78 is 5.03. The Balaban J connectivity index is 1.84. The number of nitrogens with zero attached hydrogens (tertiary/aromatic N) is 3. The van der Waals surface area contributed by atoms with Crippen molar-refractivity contribution in [2.45, 2.75) is 20.0 Å². The Morgan fingerprint density at radius 3 is 2.81 bits per heavy atom. The number of hydrogen-bond acceptors (Lipinski definition) is 5. The minimum Gasteiger partial charge on any atom is -0.475 e. The third kappa shape index (κ3) is 3.81. The van der Waals surface area contributed by atoms with Crippen LogP contribution in [-0.2, 0) is 13.1 Å². The van der Waals surface area contributed by atoms with Crippen molar-refractivity contribution in [1.29, 1.82) is 0 Å². The average Bonchev–Trinajstić information content (AvgIpc) is 3.05. The van der Waals surface area contributed by atoms with Crippen LogP contribution in [0, 0.1) is 6.92 Å². The van der Waals surface area contributed by atoms with Gasteiger partial charge < -0.3 is 19.7 Å². The van der Waals surface area contributed by atoms with Gasteiger partial charge in [0.25, 0.3) is 0 Å². The van der Waals surface area contributed by atoms with E-state index in [1.807, 2.05) is 0 Å². The van der Waals surface area contributed by atoms with Crippen LogP contribution in [0.5, 0.6) is 0 Å². The van der Waals surface area contributed by atoms with E-state index in [2.05, 4.69) is 20.5 Å². The molecule has 2 rings (SSSR count). The van der Waals surface area contributed by atoms with Crippen LogP contribution in [0.25, 0.3) is 0 Å². The van der Waals surface area contributed by atoms with Crippen LogP contribution >= 0.6 is 0 Å². The van der Waals surface area contributed by atoms with Crippen molar-refractivity contribution < 1.29 is 19.1 Å². The lowest BCUT2D eigenvalue weighted by Crippen LogP contribution is -2.36. The molecule has 2 heterocycles. The number of H-pyrrole nitrogens is 1. The number of aromatic amines is 1. The highest BCUT2D eigenvalue weighted by Crippen LogP contribution is 2.07. The molecule has 0 aliphatic rings. The SMILES string of the molecule is Cc1nc(CN(C)C(=O)NCc2ccc(C(=O)O)o2)n[nH]1. The number of carbonyl (C=O) groups is 2. The Morgan fingerprint density at radius 2 is 2.24 bits per heavy atom. The molecule has 21 heavy (non-hydrogen) atoms. The second kappa shape index (κ2) is 6.07. The first-order valence-electron chi connectivity index (χ1n) is 6.14. The van der Waals surface area contributed by atoms with Crippen molar-refractivity contribution in [2.24, 2.45) is 0 Å². The second-order valence-electron chi connectivity index (χ2n) is 4.42. The van der Waals surface area contributed by atoms with Crippen molar-refractivity contribution in [3.63, 3.8) is 0 Å². The van der Waals surface area contributed by atoms with Gasteiger partial charge in [0.05, 0.1) is 13.1 Å². The molecule has 0 unspecified atom stereocenters. The van der Waals surface area contributed by atoms with Gasteiger partial charge in [-0.05, 0) is 19.1 Å². The fraction of sp³-hybridized carbons (Fsp3) is 0.333. The third-order valence-corrected chi connectivity index (χ3v) is 2.66. The van der Waals surface area contributed by atoms with Crippen molar-refractivity contribution in [3.05, 3.63) is 35.3 Å². The maximum Gasteiger partial charge on any atom is 0.371 e. The molecule has 9 nitrogen and oxygen atoms in total. The van der Waals surface area contributed by atoms with Gasteiger partial charge in [0, 0.05) is 7.05 Å². The minimum absolute atomic E-state index is 0.101. The summed E-state index contributed by atoms with van der Waals surface area (Å²) >= 11 is 0. The molecule has 112 valence electrons. The van der Waals surface area contributed by atoms with Gasteiger partial charge in [0.2, 0.25) is 5.76 Å². The highest BCUT2D eigenvalue weighted by Gasteiger charge is 2.13. The number of aryl methyl sites for hydroxylation is 1. The first kappa shape index (κ1) is 14.6. The van der Waals surface area contributed by atoms with E-state index in [0.717, 1.165) is 0 Å². The van der Waals surface area contributed by atoms with E-state index in [1.165, 1.54) is 17.0 Å². The second-order valence-corrected chi connectivity index (χ2v) is 4.42. The molecule has 2 amide bonds. The highest BCUT2D eigenvalue weighted by atomic mass is 16.4. The smallest absolute Gasteiger partial charge is 0.371 e. The Labute approximate surface area is 120 Å². The summed E-state index contributed by atoms with van der Waals surface area (Å²) in [5.41, 5.74) is 0. The van der Waals surface area contributed by atoms with Gasteiger partial charge in [-0.2, -0.15) is 5.10 Å². The molecular weight excluding hydrogens is 278 g/mol. The molecule has 0 saturated carbocycles. The molecule has 0 aromatic carbocycles. The summed E-state index contributed by atoms with van der Waals surface area (Å²) in [6, 6.07) is 2.50. The molecule has 9 heteroatoms. The zero-order valence-electron chi connectivity index (χ0n) is 11.6. The Morgan fingerprint density at radius 1 is 1.48 bits per heavy atom. The first-order chi connectivity index (χ1) is 9.95. The van der Waals surface area contributed by atoms with Crippen LogP contribution in [0.1, 0.15) is 28.0 Å². The summed E-state index contributed by atoms with van der Waals surface area (Å²) in [4.78, 5) is 28.0. The fourth-order valence-electron chi connectivity index (χ4n) is 1.63. The van der Waals surface area contributed by atoms with Crippen LogP contribution < -0.4 is 5.32 Å². The summed E-state index contributed by atoms with van der Waals surface area (Å²) in [6.45, 7) is 2.13. The number of aromatic carboxylic acids is 1. The van der Waals surface area contributed by atoms with Crippen LogP contribution in [-0.4, -0.2) is 44.2 Å². The highest BCUT2D eigenvalue weighted by molar-refractivity contribution is 5.84. The molecule has 0 atom stereocenters. The van der Waals surface area contributed by atoms with E-state index >= 15 is 0 Å². The number of amides is 2. The summed E-state index contributed by atoms with van der Waals surface area (Å²) in [7, 11) is 1.60. The number of furan rings is 1. The van der Waals surface area contributed by atoms with Gasteiger partial charge in [-0.15, -0.1) is 0 Å². The molecule has 2 aromatic rings.